The molecule has 0 radical (unpaired) electrons. The van der Waals surface area contributed by atoms with E-state index in [1.54, 1.807) is 36.2 Å². The van der Waals surface area contributed by atoms with E-state index in [1.165, 1.54) is 0 Å². The summed E-state index contributed by atoms with van der Waals surface area (Å²) < 4.78 is 27.9. The minimum Gasteiger partial charge on any atom is -0.358 e. The zero-order valence-corrected chi connectivity index (χ0v) is 14.2. The van der Waals surface area contributed by atoms with Crippen LogP contribution in [-0.4, -0.2) is 58.8 Å². The molecule has 1 amide bonds. The van der Waals surface area contributed by atoms with Gasteiger partial charge in [-0.2, -0.15) is 8.42 Å². The molecule has 0 saturated heterocycles. The maximum atomic E-state index is 12.0. The molecule has 126 valence electrons. The first-order chi connectivity index (χ1) is 11.0. The van der Waals surface area contributed by atoms with E-state index in [4.69, 9.17) is 0 Å². The second-order valence-electron chi connectivity index (χ2n) is 5.36. The molecule has 0 bridgehead atoms. The van der Waals surface area contributed by atoms with E-state index in [0.717, 1.165) is 6.54 Å². The molecule has 2 N–H and O–H groups in total. The summed E-state index contributed by atoms with van der Waals surface area (Å²) in [6.07, 6.45) is 1.03. The van der Waals surface area contributed by atoms with E-state index in [0.29, 0.717) is 37.3 Å². The van der Waals surface area contributed by atoms with E-state index in [1.807, 2.05) is 7.05 Å². The zero-order chi connectivity index (χ0) is 16.9. The summed E-state index contributed by atoms with van der Waals surface area (Å²) in [5, 5.41) is 5.77. The third-order valence-corrected chi connectivity index (χ3v) is 4.89. The molecule has 2 rings (SSSR count). The second-order valence-corrected chi connectivity index (χ2v) is 6.94. The number of amidine groups is 1. The van der Waals surface area contributed by atoms with Crippen LogP contribution in [0.3, 0.4) is 0 Å². The summed E-state index contributed by atoms with van der Waals surface area (Å²) in [5.41, 5.74) is 0.619. The minimum atomic E-state index is -3.60. The SMILES string of the molecule is CNCCNC(=O)CCCN(C)C1=NS(=O)(=O)c2ccccc21. The highest BCUT2D eigenvalue weighted by atomic mass is 32.2. The lowest BCUT2D eigenvalue weighted by Gasteiger charge is -2.18. The maximum absolute atomic E-state index is 12.0. The van der Waals surface area contributed by atoms with Gasteiger partial charge in [0, 0.05) is 38.7 Å². The van der Waals surface area contributed by atoms with Crippen molar-refractivity contribution < 1.29 is 13.2 Å². The van der Waals surface area contributed by atoms with Gasteiger partial charge >= 0.3 is 0 Å². The molecule has 1 heterocycles. The van der Waals surface area contributed by atoms with Gasteiger partial charge in [0.2, 0.25) is 5.91 Å². The van der Waals surface area contributed by atoms with E-state index in [9.17, 15) is 13.2 Å². The van der Waals surface area contributed by atoms with Gasteiger partial charge in [-0.25, -0.2) is 0 Å². The Kier molecular flexibility index (Phi) is 5.73. The summed E-state index contributed by atoms with van der Waals surface area (Å²) in [7, 11) is 0.0197. The number of rotatable bonds is 7. The van der Waals surface area contributed by atoms with Crippen molar-refractivity contribution in [1.82, 2.24) is 15.5 Å². The number of hydrogen-bond donors (Lipinski definition) is 2. The van der Waals surface area contributed by atoms with E-state index in [-0.39, 0.29) is 10.8 Å². The molecule has 0 atom stereocenters. The summed E-state index contributed by atoms with van der Waals surface area (Å²) in [5.74, 6) is 0.436. The number of sulfonamides is 1. The molecule has 1 aliphatic rings. The predicted molar refractivity (Wildman–Crippen MR) is 89.0 cm³/mol. The Morgan fingerprint density at radius 1 is 1.26 bits per heavy atom. The largest absolute Gasteiger partial charge is 0.358 e. The molecule has 1 aliphatic heterocycles. The normalized spacial score (nSPS) is 15.0. The van der Waals surface area contributed by atoms with Crippen LogP contribution in [-0.2, 0) is 14.8 Å². The molecule has 0 saturated carbocycles. The molecule has 1 aromatic rings. The van der Waals surface area contributed by atoms with Gasteiger partial charge < -0.3 is 15.5 Å². The van der Waals surface area contributed by atoms with Crippen molar-refractivity contribution in [3.8, 4) is 0 Å². The molecule has 0 unspecified atom stereocenters. The lowest BCUT2D eigenvalue weighted by Crippen LogP contribution is -2.32. The van der Waals surface area contributed by atoms with Crippen molar-refractivity contribution >= 4 is 21.8 Å². The van der Waals surface area contributed by atoms with E-state index < -0.39 is 10.0 Å². The Hall–Kier alpha value is -1.93. The molecular formula is C15H22N4O3S. The van der Waals surface area contributed by atoms with Crippen molar-refractivity contribution in [2.45, 2.75) is 17.7 Å². The maximum Gasteiger partial charge on any atom is 0.285 e. The lowest BCUT2D eigenvalue weighted by molar-refractivity contribution is -0.121. The summed E-state index contributed by atoms with van der Waals surface area (Å²) in [6, 6.07) is 6.78. The van der Waals surface area contributed by atoms with Crippen molar-refractivity contribution in [2.75, 3.05) is 33.7 Å². The van der Waals surface area contributed by atoms with Crippen molar-refractivity contribution in [3.63, 3.8) is 0 Å². The molecular weight excluding hydrogens is 316 g/mol. The van der Waals surface area contributed by atoms with Crippen LogP contribution in [0.15, 0.2) is 33.6 Å². The first-order valence-corrected chi connectivity index (χ1v) is 8.96. The summed E-state index contributed by atoms with van der Waals surface area (Å²) in [4.78, 5) is 13.7. The number of carbonyl (C=O) groups is 1. The Balaban J connectivity index is 1.90. The van der Waals surface area contributed by atoms with Gasteiger partial charge in [-0.15, -0.1) is 4.40 Å². The number of fused-ring (bicyclic) bond motifs is 1. The number of nitrogens with zero attached hydrogens (tertiary/aromatic N) is 2. The van der Waals surface area contributed by atoms with Gasteiger partial charge in [0.1, 0.15) is 10.7 Å². The van der Waals surface area contributed by atoms with Crippen LogP contribution >= 0.6 is 0 Å². The number of nitrogens with one attached hydrogen (secondary N) is 2. The van der Waals surface area contributed by atoms with E-state index in [2.05, 4.69) is 15.0 Å². The van der Waals surface area contributed by atoms with Crippen LogP contribution < -0.4 is 10.6 Å². The van der Waals surface area contributed by atoms with Crippen LogP contribution in [0.25, 0.3) is 0 Å². The number of amides is 1. The number of carbonyl (C=O) groups excluding carboxylic acids is 1. The minimum absolute atomic E-state index is 0.00460. The Bertz CT molecular complexity index is 700. The fourth-order valence-electron chi connectivity index (χ4n) is 2.36. The standard InChI is InChI=1S/C15H22N4O3S/c1-16-9-10-17-14(20)8-5-11-19(2)15-12-6-3-4-7-13(12)23(21,22)18-15/h3-4,6-7,16H,5,8-11H2,1-2H3,(H,17,20). The van der Waals surface area contributed by atoms with Gasteiger partial charge in [-0.3, -0.25) is 4.79 Å². The topological polar surface area (TPSA) is 90.9 Å². The highest BCUT2D eigenvalue weighted by Crippen LogP contribution is 2.26. The Morgan fingerprint density at radius 2 is 2.00 bits per heavy atom. The molecule has 23 heavy (non-hydrogen) atoms. The molecule has 0 aliphatic carbocycles. The molecule has 8 heteroatoms. The highest BCUT2D eigenvalue weighted by molar-refractivity contribution is 7.90. The molecule has 0 fully saturated rings. The van der Waals surface area contributed by atoms with Crippen LogP contribution in [0.2, 0.25) is 0 Å². The van der Waals surface area contributed by atoms with Crippen molar-refractivity contribution in [3.05, 3.63) is 29.8 Å². The quantitative estimate of drug-likeness (QED) is 0.692. The Labute approximate surface area is 136 Å². The lowest BCUT2D eigenvalue weighted by atomic mass is 10.2. The smallest absolute Gasteiger partial charge is 0.285 e. The van der Waals surface area contributed by atoms with Crippen LogP contribution in [0.4, 0.5) is 0 Å². The third-order valence-electron chi connectivity index (χ3n) is 3.57. The molecule has 7 nitrogen and oxygen atoms in total. The average molecular weight is 338 g/mol. The van der Waals surface area contributed by atoms with Crippen LogP contribution in [0, 0.1) is 0 Å². The number of hydrogen-bond acceptors (Lipinski definition) is 5. The molecule has 1 aromatic carbocycles. The van der Waals surface area contributed by atoms with E-state index >= 15 is 0 Å². The van der Waals surface area contributed by atoms with Crippen molar-refractivity contribution in [2.24, 2.45) is 4.40 Å². The van der Waals surface area contributed by atoms with Gasteiger partial charge in [-0.05, 0) is 25.6 Å². The van der Waals surface area contributed by atoms with Gasteiger partial charge in [0.05, 0.1) is 0 Å². The monoisotopic (exact) mass is 338 g/mol. The number of benzene rings is 1. The Morgan fingerprint density at radius 3 is 2.74 bits per heavy atom. The first kappa shape index (κ1) is 17.4. The molecule has 0 spiro atoms. The van der Waals surface area contributed by atoms with Crippen LogP contribution in [0.5, 0.6) is 0 Å². The van der Waals surface area contributed by atoms with Gasteiger partial charge in [0.25, 0.3) is 10.0 Å². The fraction of sp³-hybridized carbons (Fsp3) is 0.467. The fourth-order valence-corrected chi connectivity index (χ4v) is 3.61. The highest BCUT2D eigenvalue weighted by Gasteiger charge is 2.30. The number of likely N-dealkylation sites (N-methyl/N-ethyl adjacent to an activating group) is 1. The zero-order valence-electron chi connectivity index (χ0n) is 13.4. The van der Waals surface area contributed by atoms with Crippen LogP contribution in [0.1, 0.15) is 18.4 Å². The second kappa shape index (κ2) is 7.56. The van der Waals surface area contributed by atoms with Gasteiger partial charge in [0.15, 0.2) is 0 Å². The third kappa shape index (κ3) is 4.29. The summed E-state index contributed by atoms with van der Waals surface area (Å²) in [6.45, 7) is 1.89. The molecule has 0 aromatic heterocycles. The van der Waals surface area contributed by atoms with Gasteiger partial charge in [-0.1, -0.05) is 12.1 Å². The average Bonchev–Trinajstić information content (AvgIpc) is 2.80. The summed E-state index contributed by atoms with van der Waals surface area (Å²) >= 11 is 0. The van der Waals surface area contributed by atoms with Crippen molar-refractivity contribution in [1.29, 1.82) is 0 Å². The predicted octanol–water partition coefficient (Wildman–Crippen LogP) is 0.183. The first-order valence-electron chi connectivity index (χ1n) is 7.52.